The first-order valence-electron chi connectivity index (χ1n) is 5.04. The molecule has 0 aliphatic rings. The number of rotatable bonds is 1. The second-order valence-corrected chi connectivity index (χ2v) is 4.60. The minimum atomic E-state index is 0.0955. The molecule has 0 saturated carbocycles. The van der Waals surface area contributed by atoms with Gasteiger partial charge in [-0.15, -0.1) is 0 Å². The van der Waals surface area contributed by atoms with E-state index < -0.39 is 0 Å². The first-order chi connectivity index (χ1) is 7.07. The van der Waals surface area contributed by atoms with Crippen molar-refractivity contribution in [2.75, 3.05) is 0 Å². The van der Waals surface area contributed by atoms with Crippen LogP contribution in [0.3, 0.4) is 0 Å². The van der Waals surface area contributed by atoms with Crippen molar-refractivity contribution in [3.8, 4) is 5.69 Å². The normalized spacial score (nSPS) is 11.7. The number of pyridine rings is 1. The Morgan fingerprint density at radius 2 is 1.73 bits per heavy atom. The van der Waals surface area contributed by atoms with Crippen molar-refractivity contribution >= 4 is 0 Å². The minimum Gasteiger partial charge on any atom is -0.265 e. The van der Waals surface area contributed by atoms with Crippen LogP contribution in [0.2, 0.25) is 0 Å². The summed E-state index contributed by atoms with van der Waals surface area (Å²) in [5.74, 6) is 0. The van der Waals surface area contributed by atoms with Crippen molar-refractivity contribution < 1.29 is 0 Å². The lowest BCUT2D eigenvalue weighted by Crippen LogP contribution is -2.12. The summed E-state index contributed by atoms with van der Waals surface area (Å²) in [4.78, 5) is 3.99. The van der Waals surface area contributed by atoms with E-state index in [0.29, 0.717) is 0 Å². The van der Waals surface area contributed by atoms with Crippen LogP contribution in [0.15, 0.2) is 36.8 Å². The lowest BCUT2D eigenvalue weighted by molar-refractivity contribution is 0.560. The van der Waals surface area contributed by atoms with Crippen LogP contribution in [0, 0.1) is 0 Å². The summed E-state index contributed by atoms with van der Waals surface area (Å²) in [6, 6.07) is 5.94. The predicted molar refractivity (Wildman–Crippen MR) is 60.1 cm³/mol. The summed E-state index contributed by atoms with van der Waals surface area (Å²) >= 11 is 0. The Hall–Kier alpha value is -1.64. The fraction of sp³-hybridized carbons (Fsp3) is 0.333. The minimum absolute atomic E-state index is 0.0955. The summed E-state index contributed by atoms with van der Waals surface area (Å²) in [7, 11) is 0. The zero-order valence-corrected chi connectivity index (χ0v) is 9.31. The van der Waals surface area contributed by atoms with Crippen molar-refractivity contribution in [2.45, 2.75) is 26.2 Å². The van der Waals surface area contributed by atoms with Crippen LogP contribution >= 0.6 is 0 Å². The van der Waals surface area contributed by atoms with Crippen LogP contribution in [0.1, 0.15) is 26.5 Å². The molecule has 78 valence electrons. The summed E-state index contributed by atoms with van der Waals surface area (Å²) in [6.45, 7) is 6.48. The molecular weight excluding hydrogens is 186 g/mol. The molecular formula is C12H15N3. The summed E-state index contributed by atoms with van der Waals surface area (Å²) in [6.07, 6.45) is 5.53. The highest BCUT2D eigenvalue weighted by atomic mass is 15.3. The number of hydrogen-bond donors (Lipinski definition) is 0. The summed E-state index contributed by atoms with van der Waals surface area (Å²) in [5, 5.41) is 4.54. The Labute approximate surface area is 89.8 Å². The molecule has 0 bridgehead atoms. The Balaban J connectivity index is 2.37. The van der Waals surface area contributed by atoms with Crippen LogP contribution in [-0.2, 0) is 5.41 Å². The molecule has 0 atom stereocenters. The molecule has 0 spiro atoms. The fourth-order valence-electron chi connectivity index (χ4n) is 1.36. The average Bonchev–Trinajstić information content (AvgIpc) is 2.67. The van der Waals surface area contributed by atoms with E-state index in [-0.39, 0.29) is 5.41 Å². The maximum Gasteiger partial charge on any atom is 0.0682 e. The third-order valence-corrected chi connectivity index (χ3v) is 2.28. The first kappa shape index (κ1) is 9.90. The van der Waals surface area contributed by atoms with E-state index in [4.69, 9.17) is 0 Å². The summed E-state index contributed by atoms with van der Waals surface area (Å²) in [5.41, 5.74) is 2.23. The Morgan fingerprint density at radius 3 is 2.27 bits per heavy atom. The molecule has 0 amide bonds. The van der Waals surface area contributed by atoms with Gasteiger partial charge in [0.15, 0.2) is 0 Å². The zero-order valence-electron chi connectivity index (χ0n) is 9.31. The van der Waals surface area contributed by atoms with Crippen molar-refractivity contribution in [1.29, 1.82) is 0 Å². The highest BCUT2D eigenvalue weighted by Crippen LogP contribution is 2.20. The molecule has 2 heterocycles. The van der Waals surface area contributed by atoms with Crippen LogP contribution in [0.5, 0.6) is 0 Å². The summed E-state index contributed by atoms with van der Waals surface area (Å²) < 4.78 is 1.88. The second kappa shape index (κ2) is 3.50. The van der Waals surface area contributed by atoms with Crippen molar-refractivity contribution in [3.63, 3.8) is 0 Å². The molecule has 0 aliphatic carbocycles. The van der Waals surface area contributed by atoms with Gasteiger partial charge >= 0.3 is 0 Å². The molecule has 0 N–H and O–H groups in total. The Kier molecular flexibility index (Phi) is 2.31. The molecule has 15 heavy (non-hydrogen) atoms. The third kappa shape index (κ3) is 2.06. The number of nitrogens with zero attached hydrogens (tertiary/aromatic N) is 3. The molecule has 2 rings (SSSR count). The molecule has 3 heteroatoms. The second-order valence-electron chi connectivity index (χ2n) is 4.60. The predicted octanol–water partition coefficient (Wildman–Crippen LogP) is 2.56. The van der Waals surface area contributed by atoms with Crippen LogP contribution < -0.4 is 0 Å². The lowest BCUT2D eigenvalue weighted by Gasteiger charge is -2.14. The van der Waals surface area contributed by atoms with Gasteiger partial charge in [-0.1, -0.05) is 20.8 Å². The molecule has 2 aromatic heterocycles. The molecule has 3 nitrogen and oxygen atoms in total. The van der Waals surface area contributed by atoms with Gasteiger partial charge in [0.1, 0.15) is 0 Å². The van der Waals surface area contributed by atoms with Gasteiger partial charge in [-0.2, -0.15) is 5.10 Å². The van der Waals surface area contributed by atoms with Crippen molar-refractivity contribution in [1.82, 2.24) is 14.8 Å². The van der Waals surface area contributed by atoms with Crippen LogP contribution in [0.25, 0.3) is 5.69 Å². The van der Waals surface area contributed by atoms with Gasteiger partial charge in [-0.3, -0.25) is 4.98 Å². The first-order valence-corrected chi connectivity index (χ1v) is 5.04. The molecule has 0 fully saturated rings. The SMILES string of the molecule is CC(C)(C)c1ccn(-c2ccncc2)n1. The van der Waals surface area contributed by atoms with Crippen LogP contribution in [-0.4, -0.2) is 14.8 Å². The van der Waals surface area contributed by atoms with Crippen molar-refractivity contribution in [3.05, 3.63) is 42.5 Å². The highest BCUT2D eigenvalue weighted by Gasteiger charge is 2.16. The van der Waals surface area contributed by atoms with Gasteiger partial charge in [-0.05, 0) is 18.2 Å². The molecule has 0 aromatic carbocycles. The van der Waals surface area contributed by atoms with Gasteiger partial charge in [0.05, 0.1) is 11.4 Å². The quantitative estimate of drug-likeness (QED) is 0.710. The van der Waals surface area contributed by atoms with E-state index >= 15 is 0 Å². The van der Waals surface area contributed by atoms with E-state index in [2.05, 4.69) is 36.9 Å². The van der Waals surface area contributed by atoms with E-state index in [1.807, 2.05) is 23.0 Å². The van der Waals surface area contributed by atoms with Crippen LogP contribution in [0.4, 0.5) is 0 Å². The lowest BCUT2D eigenvalue weighted by atomic mass is 9.93. The third-order valence-electron chi connectivity index (χ3n) is 2.28. The largest absolute Gasteiger partial charge is 0.265 e. The standard InChI is InChI=1S/C12H15N3/c1-12(2,3)11-6-9-15(14-11)10-4-7-13-8-5-10/h4-9H,1-3H3. The van der Waals surface area contributed by atoms with E-state index in [9.17, 15) is 0 Å². The van der Waals surface area contributed by atoms with Crippen molar-refractivity contribution in [2.24, 2.45) is 0 Å². The van der Waals surface area contributed by atoms with Gasteiger partial charge in [-0.25, -0.2) is 4.68 Å². The molecule has 0 radical (unpaired) electrons. The van der Waals surface area contributed by atoms with Gasteiger partial charge in [0, 0.05) is 24.0 Å². The van der Waals surface area contributed by atoms with Gasteiger partial charge in [0.25, 0.3) is 0 Å². The molecule has 0 aliphatic heterocycles. The maximum absolute atomic E-state index is 4.54. The average molecular weight is 201 g/mol. The van der Waals surface area contributed by atoms with Gasteiger partial charge in [0.2, 0.25) is 0 Å². The van der Waals surface area contributed by atoms with Gasteiger partial charge < -0.3 is 0 Å². The van der Waals surface area contributed by atoms with E-state index in [0.717, 1.165) is 11.4 Å². The number of aromatic nitrogens is 3. The highest BCUT2D eigenvalue weighted by molar-refractivity contribution is 5.28. The zero-order chi connectivity index (χ0) is 10.9. The van der Waals surface area contributed by atoms with E-state index in [1.165, 1.54) is 0 Å². The topological polar surface area (TPSA) is 30.7 Å². The fourth-order valence-corrected chi connectivity index (χ4v) is 1.36. The monoisotopic (exact) mass is 201 g/mol. The molecule has 2 aromatic rings. The Morgan fingerprint density at radius 1 is 1.07 bits per heavy atom. The maximum atomic E-state index is 4.54. The number of hydrogen-bond acceptors (Lipinski definition) is 2. The molecule has 0 unspecified atom stereocenters. The smallest absolute Gasteiger partial charge is 0.0682 e. The van der Waals surface area contributed by atoms with E-state index in [1.54, 1.807) is 12.4 Å². The molecule has 0 saturated heterocycles. The Bertz CT molecular complexity index is 437.